The van der Waals surface area contributed by atoms with Crippen molar-refractivity contribution in [1.82, 2.24) is 0 Å². The smallest absolute Gasteiger partial charge is 0.0260 e. The van der Waals surface area contributed by atoms with Gasteiger partial charge in [-0.3, -0.25) is 0 Å². The van der Waals surface area contributed by atoms with Crippen molar-refractivity contribution in [3.05, 3.63) is 120 Å². The summed E-state index contributed by atoms with van der Waals surface area (Å²) < 4.78 is 1.11. The Morgan fingerprint density at radius 2 is 0.966 bits per heavy atom. The minimum Gasteiger partial charge on any atom is -0.0622 e. The predicted molar refractivity (Wildman–Crippen MR) is 128 cm³/mol. The zero-order valence-electron chi connectivity index (χ0n) is 15.8. The molecule has 138 valence electrons. The lowest BCUT2D eigenvalue weighted by molar-refractivity contribution is 1.57. The van der Waals surface area contributed by atoms with Crippen molar-refractivity contribution in [2.24, 2.45) is 0 Å². The van der Waals surface area contributed by atoms with Gasteiger partial charge < -0.3 is 0 Å². The Hall–Kier alpha value is -3.16. The van der Waals surface area contributed by atoms with Gasteiger partial charge in [-0.25, -0.2) is 0 Å². The molecule has 0 N–H and O–H groups in total. The van der Waals surface area contributed by atoms with Crippen LogP contribution in [0.25, 0.3) is 44.2 Å². The highest BCUT2D eigenvalue weighted by Crippen LogP contribution is 2.38. The number of benzene rings is 5. The second-order valence-electron chi connectivity index (χ2n) is 7.13. The van der Waals surface area contributed by atoms with Crippen LogP contribution in [-0.4, -0.2) is 0 Å². The van der Waals surface area contributed by atoms with Gasteiger partial charge >= 0.3 is 0 Å². The number of halogens is 1. The van der Waals surface area contributed by atoms with Crippen molar-refractivity contribution in [3.63, 3.8) is 0 Å². The van der Waals surface area contributed by atoms with Gasteiger partial charge in [0.15, 0.2) is 0 Å². The maximum Gasteiger partial charge on any atom is 0.0260 e. The zero-order valence-corrected chi connectivity index (χ0v) is 17.4. The van der Waals surface area contributed by atoms with Gasteiger partial charge in [0.05, 0.1) is 0 Å². The molecule has 1 heteroatoms. The summed E-state index contributed by atoms with van der Waals surface area (Å²) in [5, 5.41) is 2.54. The third kappa shape index (κ3) is 3.39. The summed E-state index contributed by atoms with van der Waals surface area (Å²) in [6, 6.07) is 40.9. The molecule has 0 heterocycles. The van der Waals surface area contributed by atoms with E-state index in [4.69, 9.17) is 0 Å². The quantitative estimate of drug-likeness (QED) is 0.266. The van der Waals surface area contributed by atoms with Crippen LogP contribution in [0.4, 0.5) is 0 Å². The number of hydrogen-bond donors (Lipinski definition) is 0. The standard InChI is InChI=1S/C28H19Br/c29-28-19-22(20-9-3-1-4-10-20)17-18-27(28)26-16-8-14-24-23(13-7-15-25(24)26)21-11-5-2-6-12-21/h1-19H. The van der Waals surface area contributed by atoms with Gasteiger partial charge in [-0.1, -0.05) is 125 Å². The van der Waals surface area contributed by atoms with Gasteiger partial charge in [-0.05, 0) is 50.2 Å². The normalized spacial score (nSPS) is 10.9. The molecule has 5 aromatic rings. The maximum absolute atomic E-state index is 3.83. The largest absolute Gasteiger partial charge is 0.0622 e. The fourth-order valence-corrected chi connectivity index (χ4v) is 4.55. The van der Waals surface area contributed by atoms with Gasteiger partial charge in [-0.2, -0.15) is 0 Å². The van der Waals surface area contributed by atoms with Crippen LogP contribution in [0.2, 0.25) is 0 Å². The molecule has 0 aliphatic heterocycles. The molecule has 0 radical (unpaired) electrons. The molecule has 0 spiro atoms. The molecule has 0 amide bonds. The second-order valence-corrected chi connectivity index (χ2v) is 7.99. The Bertz CT molecular complexity index is 1290. The van der Waals surface area contributed by atoms with E-state index in [-0.39, 0.29) is 0 Å². The van der Waals surface area contributed by atoms with Crippen LogP contribution >= 0.6 is 15.9 Å². The molecule has 5 aromatic carbocycles. The van der Waals surface area contributed by atoms with Crippen LogP contribution < -0.4 is 0 Å². The Morgan fingerprint density at radius 1 is 0.379 bits per heavy atom. The average molecular weight is 435 g/mol. The summed E-state index contributed by atoms with van der Waals surface area (Å²) in [7, 11) is 0. The van der Waals surface area contributed by atoms with Crippen molar-refractivity contribution in [1.29, 1.82) is 0 Å². The molecule has 0 aliphatic carbocycles. The topological polar surface area (TPSA) is 0 Å². The average Bonchev–Trinajstić information content (AvgIpc) is 2.79. The van der Waals surface area contributed by atoms with E-state index in [1.165, 1.54) is 44.2 Å². The van der Waals surface area contributed by atoms with Crippen molar-refractivity contribution < 1.29 is 0 Å². The van der Waals surface area contributed by atoms with Gasteiger partial charge in [0.25, 0.3) is 0 Å². The monoisotopic (exact) mass is 434 g/mol. The summed E-state index contributed by atoms with van der Waals surface area (Å²) in [6.07, 6.45) is 0. The van der Waals surface area contributed by atoms with Crippen molar-refractivity contribution in [3.8, 4) is 33.4 Å². The Kier molecular flexibility index (Phi) is 4.75. The van der Waals surface area contributed by atoms with E-state index in [1.54, 1.807) is 0 Å². The van der Waals surface area contributed by atoms with Crippen LogP contribution in [-0.2, 0) is 0 Å². The molecule has 0 aliphatic rings. The van der Waals surface area contributed by atoms with E-state index in [2.05, 4.69) is 125 Å². The number of hydrogen-bond acceptors (Lipinski definition) is 0. The molecule has 0 nitrogen and oxygen atoms in total. The van der Waals surface area contributed by atoms with E-state index < -0.39 is 0 Å². The minimum atomic E-state index is 1.11. The first-order valence-electron chi connectivity index (χ1n) is 9.74. The van der Waals surface area contributed by atoms with Crippen LogP contribution in [0, 0.1) is 0 Å². The van der Waals surface area contributed by atoms with Gasteiger partial charge in [0.2, 0.25) is 0 Å². The highest BCUT2D eigenvalue weighted by molar-refractivity contribution is 9.10. The van der Waals surface area contributed by atoms with Gasteiger partial charge in [0.1, 0.15) is 0 Å². The molecule has 0 fully saturated rings. The highest BCUT2D eigenvalue weighted by Gasteiger charge is 2.11. The summed E-state index contributed by atoms with van der Waals surface area (Å²) >= 11 is 3.83. The first-order chi connectivity index (χ1) is 14.3. The Balaban J connectivity index is 1.67. The Labute approximate surface area is 179 Å². The van der Waals surface area contributed by atoms with E-state index >= 15 is 0 Å². The fraction of sp³-hybridized carbons (Fsp3) is 0. The van der Waals surface area contributed by atoms with E-state index in [9.17, 15) is 0 Å². The van der Waals surface area contributed by atoms with E-state index in [0.29, 0.717) is 0 Å². The van der Waals surface area contributed by atoms with Crippen LogP contribution in [0.1, 0.15) is 0 Å². The summed E-state index contributed by atoms with van der Waals surface area (Å²) in [5.41, 5.74) is 7.40. The molecule has 0 saturated carbocycles. The SMILES string of the molecule is Brc1cc(-c2ccccc2)ccc1-c1cccc2c(-c3ccccc3)cccc12. The van der Waals surface area contributed by atoms with Gasteiger partial charge in [-0.15, -0.1) is 0 Å². The lowest BCUT2D eigenvalue weighted by Gasteiger charge is -2.13. The molecule has 5 rings (SSSR count). The van der Waals surface area contributed by atoms with Crippen LogP contribution in [0.3, 0.4) is 0 Å². The Morgan fingerprint density at radius 3 is 1.62 bits per heavy atom. The third-order valence-electron chi connectivity index (χ3n) is 5.37. The van der Waals surface area contributed by atoms with Crippen molar-refractivity contribution >= 4 is 26.7 Å². The summed E-state index contributed by atoms with van der Waals surface area (Å²) in [6.45, 7) is 0. The molecule has 0 unspecified atom stereocenters. The number of rotatable bonds is 3. The summed E-state index contributed by atoms with van der Waals surface area (Å²) in [4.78, 5) is 0. The van der Waals surface area contributed by atoms with Crippen molar-refractivity contribution in [2.75, 3.05) is 0 Å². The second kappa shape index (κ2) is 7.69. The fourth-order valence-electron chi connectivity index (χ4n) is 3.96. The number of fused-ring (bicyclic) bond motifs is 1. The lowest BCUT2D eigenvalue weighted by Crippen LogP contribution is -1.87. The van der Waals surface area contributed by atoms with Gasteiger partial charge in [0, 0.05) is 4.47 Å². The molecule has 0 aromatic heterocycles. The molecule has 0 atom stereocenters. The van der Waals surface area contributed by atoms with E-state index in [1.807, 2.05) is 6.07 Å². The van der Waals surface area contributed by atoms with Crippen LogP contribution in [0.5, 0.6) is 0 Å². The maximum atomic E-state index is 3.83. The third-order valence-corrected chi connectivity index (χ3v) is 6.03. The zero-order chi connectivity index (χ0) is 19.6. The lowest BCUT2D eigenvalue weighted by atomic mass is 9.92. The molecule has 0 saturated heterocycles. The molecular weight excluding hydrogens is 416 g/mol. The van der Waals surface area contributed by atoms with Crippen LogP contribution in [0.15, 0.2) is 120 Å². The van der Waals surface area contributed by atoms with E-state index in [0.717, 1.165) is 4.47 Å². The summed E-state index contributed by atoms with van der Waals surface area (Å²) in [5.74, 6) is 0. The first-order valence-corrected chi connectivity index (χ1v) is 10.5. The molecule has 0 bridgehead atoms. The predicted octanol–water partition coefficient (Wildman–Crippen LogP) is 8.60. The first kappa shape index (κ1) is 17.9. The molecular formula is C28H19Br. The van der Waals surface area contributed by atoms with Crippen molar-refractivity contribution in [2.45, 2.75) is 0 Å². The minimum absolute atomic E-state index is 1.11. The highest BCUT2D eigenvalue weighted by atomic mass is 79.9. The molecule has 29 heavy (non-hydrogen) atoms.